The average molecular weight is 417 g/mol. The maximum Gasteiger partial charge on any atom is 0.404 e. The van der Waals surface area contributed by atoms with E-state index in [0.717, 1.165) is 31.2 Å². The highest BCUT2D eigenvalue weighted by Crippen LogP contribution is 2.32. The number of rotatable bonds is 7. The van der Waals surface area contributed by atoms with Crippen LogP contribution < -0.4 is 10.6 Å². The van der Waals surface area contributed by atoms with E-state index in [4.69, 9.17) is 11.6 Å². The second-order valence-corrected chi connectivity index (χ2v) is 7.73. The maximum atomic E-state index is 12.5. The number of aromatic nitrogens is 2. The summed E-state index contributed by atoms with van der Waals surface area (Å²) in [5, 5.41) is 15.1. The van der Waals surface area contributed by atoms with Crippen molar-refractivity contribution in [2.24, 2.45) is 11.8 Å². The summed E-state index contributed by atoms with van der Waals surface area (Å²) in [7, 11) is 0. The molecule has 1 fully saturated rings. The van der Waals surface area contributed by atoms with Crippen molar-refractivity contribution < 1.29 is 14.7 Å². The maximum absolute atomic E-state index is 12.5. The number of benzene rings is 1. The standard InChI is InChI=1S/C21H25ClN4O3/c22-19-18(23-10-11-24-19)13-25-20(27)16-8-6-15(7-9-16)17(26-21(28)29)12-14-4-2-1-3-5-14/h1-5,10-11,15-17,26H,6-9,12-13H2,(H,25,27)(H,28,29)/t15-,16-,17?. The lowest BCUT2D eigenvalue weighted by Crippen LogP contribution is -2.43. The second-order valence-electron chi connectivity index (χ2n) is 7.37. The minimum atomic E-state index is -1.01. The van der Waals surface area contributed by atoms with Gasteiger partial charge in [-0.25, -0.2) is 9.78 Å². The predicted molar refractivity (Wildman–Crippen MR) is 109 cm³/mol. The fourth-order valence-electron chi connectivity index (χ4n) is 3.93. The average Bonchev–Trinajstić information content (AvgIpc) is 2.73. The largest absolute Gasteiger partial charge is 0.465 e. The van der Waals surface area contributed by atoms with Crippen molar-refractivity contribution in [3.05, 3.63) is 59.1 Å². The monoisotopic (exact) mass is 416 g/mol. The molecule has 8 heteroatoms. The molecular formula is C21H25ClN4O3. The van der Waals surface area contributed by atoms with Gasteiger partial charge in [-0.1, -0.05) is 41.9 Å². The van der Waals surface area contributed by atoms with Crippen molar-refractivity contribution in [1.82, 2.24) is 20.6 Å². The SMILES string of the molecule is O=C(O)NC(Cc1ccccc1)[C@H]1CC[C@H](C(=O)NCc2nccnc2Cl)CC1. The van der Waals surface area contributed by atoms with Gasteiger partial charge in [-0.3, -0.25) is 9.78 Å². The number of nitrogens with zero attached hydrogens (tertiary/aromatic N) is 2. The van der Waals surface area contributed by atoms with E-state index in [0.29, 0.717) is 17.3 Å². The molecule has 2 aromatic rings. The molecule has 1 aliphatic carbocycles. The molecule has 3 rings (SSSR count). The van der Waals surface area contributed by atoms with Gasteiger partial charge in [0.05, 0.1) is 12.2 Å². The van der Waals surface area contributed by atoms with Crippen LogP contribution in [0.5, 0.6) is 0 Å². The molecule has 0 spiro atoms. The molecule has 1 unspecified atom stereocenters. The van der Waals surface area contributed by atoms with Gasteiger partial charge in [-0.05, 0) is 43.6 Å². The van der Waals surface area contributed by atoms with Crippen molar-refractivity contribution in [3.63, 3.8) is 0 Å². The normalized spacial score (nSPS) is 19.9. The van der Waals surface area contributed by atoms with Crippen LogP contribution in [-0.2, 0) is 17.8 Å². The van der Waals surface area contributed by atoms with Crippen LogP contribution in [0.1, 0.15) is 36.9 Å². The van der Waals surface area contributed by atoms with E-state index in [1.54, 1.807) is 6.20 Å². The molecule has 3 N–H and O–H groups in total. The summed E-state index contributed by atoms with van der Waals surface area (Å²) >= 11 is 5.98. The van der Waals surface area contributed by atoms with Crippen LogP contribution in [0.2, 0.25) is 5.15 Å². The lowest BCUT2D eigenvalue weighted by molar-refractivity contribution is -0.126. The van der Waals surface area contributed by atoms with Gasteiger partial charge < -0.3 is 15.7 Å². The molecular weight excluding hydrogens is 392 g/mol. The second kappa shape index (κ2) is 10.2. The van der Waals surface area contributed by atoms with Gasteiger partial charge >= 0.3 is 6.09 Å². The van der Waals surface area contributed by atoms with E-state index >= 15 is 0 Å². The van der Waals surface area contributed by atoms with Crippen LogP contribution in [0.15, 0.2) is 42.7 Å². The van der Waals surface area contributed by atoms with Crippen LogP contribution in [-0.4, -0.2) is 33.1 Å². The third-order valence-electron chi connectivity index (χ3n) is 5.47. The Kier molecular flexibility index (Phi) is 7.41. The molecule has 0 aliphatic heterocycles. The van der Waals surface area contributed by atoms with Gasteiger partial charge in [0.15, 0.2) is 5.15 Å². The molecule has 1 atom stereocenters. The minimum absolute atomic E-state index is 0.0176. The summed E-state index contributed by atoms with van der Waals surface area (Å²) in [6.07, 6.45) is 5.77. The smallest absolute Gasteiger partial charge is 0.404 e. The molecule has 1 heterocycles. The van der Waals surface area contributed by atoms with E-state index in [9.17, 15) is 14.7 Å². The summed E-state index contributed by atoms with van der Waals surface area (Å²) in [5.74, 6) is 0.115. The van der Waals surface area contributed by atoms with E-state index in [2.05, 4.69) is 20.6 Å². The highest BCUT2D eigenvalue weighted by Gasteiger charge is 2.31. The Morgan fingerprint density at radius 2 is 1.79 bits per heavy atom. The predicted octanol–water partition coefficient (Wildman–Crippen LogP) is 3.43. The van der Waals surface area contributed by atoms with Gasteiger partial charge in [-0.2, -0.15) is 0 Å². The Bertz CT molecular complexity index is 826. The number of carbonyl (C=O) groups excluding carboxylic acids is 1. The number of amides is 2. The Hall–Kier alpha value is -2.67. The first-order valence-electron chi connectivity index (χ1n) is 9.79. The number of halogens is 1. The Morgan fingerprint density at radius 3 is 2.45 bits per heavy atom. The van der Waals surface area contributed by atoms with Crippen LogP contribution in [0, 0.1) is 11.8 Å². The topological polar surface area (TPSA) is 104 Å². The molecule has 1 saturated carbocycles. The third-order valence-corrected chi connectivity index (χ3v) is 5.79. The third kappa shape index (κ3) is 6.15. The van der Waals surface area contributed by atoms with Crippen LogP contribution in [0.4, 0.5) is 4.79 Å². The summed E-state index contributed by atoms with van der Waals surface area (Å²) in [6.45, 7) is 0.253. The Morgan fingerprint density at radius 1 is 1.10 bits per heavy atom. The van der Waals surface area contributed by atoms with Crippen LogP contribution in [0.25, 0.3) is 0 Å². The van der Waals surface area contributed by atoms with Gasteiger partial charge in [-0.15, -0.1) is 0 Å². The highest BCUT2D eigenvalue weighted by atomic mass is 35.5. The lowest BCUT2D eigenvalue weighted by Gasteiger charge is -2.33. The quantitative estimate of drug-likeness (QED) is 0.641. The summed E-state index contributed by atoms with van der Waals surface area (Å²) in [6, 6.07) is 9.72. The van der Waals surface area contributed by atoms with Gasteiger partial charge in [0.1, 0.15) is 0 Å². The molecule has 154 valence electrons. The zero-order valence-corrected chi connectivity index (χ0v) is 16.8. The first-order chi connectivity index (χ1) is 14.0. The number of hydrogen-bond donors (Lipinski definition) is 3. The highest BCUT2D eigenvalue weighted by molar-refractivity contribution is 6.29. The summed E-state index contributed by atoms with van der Waals surface area (Å²) in [5.41, 5.74) is 1.65. The zero-order chi connectivity index (χ0) is 20.6. The number of carbonyl (C=O) groups is 2. The minimum Gasteiger partial charge on any atom is -0.465 e. The first kappa shape index (κ1) is 21.0. The molecule has 2 amide bonds. The molecule has 0 saturated heterocycles. The number of carboxylic acid groups (broad SMARTS) is 1. The number of hydrogen-bond acceptors (Lipinski definition) is 4. The fraction of sp³-hybridized carbons (Fsp3) is 0.429. The van der Waals surface area contributed by atoms with E-state index < -0.39 is 6.09 Å². The van der Waals surface area contributed by atoms with E-state index in [1.165, 1.54) is 6.20 Å². The van der Waals surface area contributed by atoms with Crippen molar-refractivity contribution in [3.8, 4) is 0 Å². The molecule has 1 aromatic carbocycles. The summed E-state index contributed by atoms with van der Waals surface area (Å²) in [4.78, 5) is 31.9. The molecule has 0 radical (unpaired) electrons. The van der Waals surface area contributed by atoms with Gasteiger partial charge in [0.25, 0.3) is 0 Å². The van der Waals surface area contributed by atoms with Crippen molar-refractivity contribution in [2.45, 2.75) is 44.7 Å². The molecule has 29 heavy (non-hydrogen) atoms. The molecule has 1 aliphatic rings. The lowest BCUT2D eigenvalue weighted by atomic mass is 9.76. The van der Waals surface area contributed by atoms with Gasteiger partial charge in [0.2, 0.25) is 5.91 Å². The number of nitrogens with one attached hydrogen (secondary N) is 2. The van der Waals surface area contributed by atoms with Crippen molar-refractivity contribution >= 4 is 23.6 Å². The van der Waals surface area contributed by atoms with Crippen LogP contribution >= 0.6 is 11.6 Å². The van der Waals surface area contributed by atoms with E-state index in [1.807, 2.05) is 30.3 Å². The van der Waals surface area contributed by atoms with Crippen molar-refractivity contribution in [2.75, 3.05) is 0 Å². The van der Waals surface area contributed by atoms with Crippen LogP contribution in [0.3, 0.4) is 0 Å². The van der Waals surface area contributed by atoms with Gasteiger partial charge in [0, 0.05) is 24.4 Å². The summed E-state index contributed by atoms with van der Waals surface area (Å²) < 4.78 is 0. The fourth-order valence-corrected chi connectivity index (χ4v) is 4.10. The van der Waals surface area contributed by atoms with Crippen molar-refractivity contribution in [1.29, 1.82) is 0 Å². The molecule has 0 bridgehead atoms. The molecule has 7 nitrogen and oxygen atoms in total. The molecule has 1 aromatic heterocycles. The van der Waals surface area contributed by atoms with E-state index in [-0.39, 0.29) is 30.3 Å². The Labute approximate surface area is 174 Å². The zero-order valence-electron chi connectivity index (χ0n) is 16.1. The first-order valence-corrected chi connectivity index (χ1v) is 10.2. The Balaban J connectivity index is 1.52.